The molecule has 1 heterocycles. The van der Waals surface area contributed by atoms with Gasteiger partial charge in [0, 0.05) is 6.07 Å². The third kappa shape index (κ3) is 3.15. The summed E-state index contributed by atoms with van der Waals surface area (Å²) in [5.74, 6) is -0.0813. The Morgan fingerprint density at radius 3 is 2.65 bits per heavy atom. The SMILES string of the molecule is COc1cc(NS(=O)(=O)C2CCS(=O)(=O)C2)ccc1N. The highest BCUT2D eigenvalue weighted by Gasteiger charge is 2.37. The molecule has 0 bridgehead atoms. The van der Waals surface area contributed by atoms with E-state index in [-0.39, 0.29) is 17.9 Å². The molecule has 20 heavy (non-hydrogen) atoms. The normalized spacial score (nSPS) is 21.6. The number of hydrogen-bond acceptors (Lipinski definition) is 6. The average Bonchev–Trinajstić information content (AvgIpc) is 2.72. The van der Waals surface area contributed by atoms with Crippen LogP contribution in [0.5, 0.6) is 5.75 Å². The lowest BCUT2D eigenvalue weighted by Gasteiger charge is -2.14. The van der Waals surface area contributed by atoms with Crippen LogP contribution in [0.25, 0.3) is 0 Å². The number of methoxy groups -OCH3 is 1. The first kappa shape index (κ1) is 14.9. The van der Waals surface area contributed by atoms with Crippen LogP contribution in [0.3, 0.4) is 0 Å². The predicted molar refractivity (Wildman–Crippen MR) is 77.0 cm³/mol. The molecule has 1 atom stereocenters. The van der Waals surface area contributed by atoms with E-state index in [1.165, 1.54) is 25.3 Å². The Morgan fingerprint density at radius 1 is 1.40 bits per heavy atom. The van der Waals surface area contributed by atoms with Gasteiger partial charge >= 0.3 is 0 Å². The van der Waals surface area contributed by atoms with Crippen molar-refractivity contribution in [2.75, 3.05) is 29.1 Å². The minimum atomic E-state index is -3.75. The second kappa shape index (κ2) is 5.13. The first-order valence-corrected chi connectivity index (χ1v) is 9.26. The number of benzene rings is 1. The van der Waals surface area contributed by atoms with Crippen LogP contribution < -0.4 is 15.2 Å². The Balaban J connectivity index is 2.21. The van der Waals surface area contributed by atoms with Crippen LogP contribution >= 0.6 is 0 Å². The van der Waals surface area contributed by atoms with Gasteiger partial charge < -0.3 is 10.5 Å². The molecular formula is C11H16N2O5S2. The Morgan fingerprint density at radius 2 is 2.10 bits per heavy atom. The van der Waals surface area contributed by atoms with Crippen molar-refractivity contribution < 1.29 is 21.6 Å². The van der Waals surface area contributed by atoms with Crippen molar-refractivity contribution in [1.82, 2.24) is 0 Å². The van der Waals surface area contributed by atoms with E-state index in [0.717, 1.165) is 0 Å². The molecule has 1 unspecified atom stereocenters. The monoisotopic (exact) mass is 320 g/mol. The molecule has 9 heteroatoms. The molecule has 0 amide bonds. The molecular weight excluding hydrogens is 304 g/mol. The number of nitrogens with one attached hydrogen (secondary N) is 1. The molecule has 0 radical (unpaired) electrons. The fraction of sp³-hybridized carbons (Fsp3) is 0.455. The molecule has 7 nitrogen and oxygen atoms in total. The number of nitrogen functional groups attached to an aromatic ring is 1. The largest absolute Gasteiger partial charge is 0.495 e. The van der Waals surface area contributed by atoms with Gasteiger partial charge in [-0.3, -0.25) is 4.72 Å². The van der Waals surface area contributed by atoms with Gasteiger partial charge in [-0.25, -0.2) is 16.8 Å². The molecule has 1 aromatic rings. The van der Waals surface area contributed by atoms with Crippen molar-refractivity contribution in [3.8, 4) is 5.75 Å². The maximum atomic E-state index is 12.1. The topological polar surface area (TPSA) is 116 Å². The lowest BCUT2D eigenvalue weighted by Crippen LogP contribution is -2.28. The third-order valence-corrected chi connectivity index (χ3v) is 6.90. The molecule has 112 valence electrons. The molecule has 1 saturated heterocycles. The van der Waals surface area contributed by atoms with Crippen LogP contribution in [0.4, 0.5) is 11.4 Å². The van der Waals surface area contributed by atoms with E-state index in [2.05, 4.69) is 4.72 Å². The number of nitrogens with two attached hydrogens (primary N) is 1. The van der Waals surface area contributed by atoms with E-state index in [9.17, 15) is 16.8 Å². The standard InChI is InChI=1S/C11H16N2O5S2/c1-18-11-6-8(2-3-10(11)12)13-20(16,17)9-4-5-19(14,15)7-9/h2-3,6,9,13H,4-5,7,12H2,1H3. The van der Waals surface area contributed by atoms with Crippen molar-refractivity contribution in [1.29, 1.82) is 0 Å². The molecule has 2 rings (SSSR count). The van der Waals surface area contributed by atoms with Crippen LogP contribution in [0.1, 0.15) is 6.42 Å². The minimum absolute atomic E-state index is 0.0936. The van der Waals surface area contributed by atoms with Crippen molar-refractivity contribution in [3.05, 3.63) is 18.2 Å². The van der Waals surface area contributed by atoms with E-state index >= 15 is 0 Å². The summed E-state index contributed by atoms with van der Waals surface area (Å²) in [4.78, 5) is 0. The van der Waals surface area contributed by atoms with Crippen molar-refractivity contribution in [2.45, 2.75) is 11.7 Å². The zero-order valence-electron chi connectivity index (χ0n) is 10.9. The van der Waals surface area contributed by atoms with Gasteiger partial charge in [0.15, 0.2) is 9.84 Å². The van der Waals surface area contributed by atoms with Crippen LogP contribution in [0, 0.1) is 0 Å². The Bertz CT molecular complexity index is 712. The van der Waals surface area contributed by atoms with Crippen LogP contribution in [-0.4, -0.2) is 40.7 Å². The van der Waals surface area contributed by atoms with Crippen LogP contribution in [0.15, 0.2) is 18.2 Å². The highest BCUT2D eigenvalue weighted by Crippen LogP contribution is 2.27. The average molecular weight is 320 g/mol. The Labute approximate surface area is 118 Å². The summed E-state index contributed by atoms with van der Waals surface area (Å²) >= 11 is 0. The molecule has 3 N–H and O–H groups in total. The summed E-state index contributed by atoms with van der Waals surface area (Å²) in [6.07, 6.45) is 0.115. The number of rotatable bonds is 4. The first-order chi connectivity index (χ1) is 9.23. The molecule has 1 aliphatic rings. The molecule has 0 aliphatic carbocycles. The summed E-state index contributed by atoms with van der Waals surface area (Å²) in [6, 6.07) is 4.47. The Kier molecular flexibility index (Phi) is 3.83. The van der Waals surface area contributed by atoms with Gasteiger partial charge in [-0.05, 0) is 18.6 Å². The van der Waals surface area contributed by atoms with Gasteiger partial charge in [0.05, 0.1) is 35.2 Å². The van der Waals surface area contributed by atoms with Crippen molar-refractivity contribution >= 4 is 31.2 Å². The van der Waals surface area contributed by atoms with Crippen LogP contribution in [-0.2, 0) is 19.9 Å². The van der Waals surface area contributed by atoms with E-state index in [1.54, 1.807) is 0 Å². The summed E-state index contributed by atoms with van der Waals surface area (Å²) in [5, 5.41) is -0.920. The fourth-order valence-corrected chi connectivity index (χ4v) is 6.11. The lowest BCUT2D eigenvalue weighted by molar-refractivity contribution is 0.417. The van der Waals surface area contributed by atoms with Gasteiger partial charge in [-0.1, -0.05) is 0 Å². The first-order valence-electron chi connectivity index (χ1n) is 5.89. The van der Waals surface area contributed by atoms with E-state index in [4.69, 9.17) is 10.5 Å². The van der Waals surface area contributed by atoms with Gasteiger partial charge in [0.1, 0.15) is 5.75 Å². The summed E-state index contributed by atoms with van der Waals surface area (Å²) in [7, 11) is -5.58. The zero-order valence-corrected chi connectivity index (χ0v) is 12.5. The molecule has 1 aliphatic heterocycles. The highest BCUT2D eigenvalue weighted by atomic mass is 32.2. The quantitative estimate of drug-likeness (QED) is 0.766. The van der Waals surface area contributed by atoms with Gasteiger partial charge in [0.2, 0.25) is 10.0 Å². The highest BCUT2D eigenvalue weighted by molar-refractivity contribution is 7.97. The number of sulfone groups is 1. The maximum absolute atomic E-state index is 12.1. The lowest BCUT2D eigenvalue weighted by atomic mass is 10.2. The minimum Gasteiger partial charge on any atom is -0.495 e. The smallest absolute Gasteiger partial charge is 0.236 e. The van der Waals surface area contributed by atoms with E-state index < -0.39 is 25.1 Å². The second-order valence-electron chi connectivity index (χ2n) is 4.63. The van der Waals surface area contributed by atoms with Crippen LogP contribution in [0.2, 0.25) is 0 Å². The van der Waals surface area contributed by atoms with Crippen molar-refractivity contribution in [2.24, 2.45) is 0 Å². The van der Waals surface area contributed by atoms with Crippen molar-refractivity contribution in [3.63, 3.8) is 0 Å². The van der Waals surface area contributed by atoms with Gasteiger partial charge in [0.25, 0.3) is 0 Å². The molecule has 1 aromatic carbocycles. The summed E-state index contributed by atoms with van der Waals surface area (Å²) in [6.45, 7) is 0. The van der Waals surface area contributed by atoms with Gasteiger partial charge in [-0.2, -0.15) is 0 Å². The number of ether oxygens (including phenoxy) is 1. The number of hydrogen-bond donors (Lipinski definition) is 2. The van der Waals surface area contributed by atoms with Gasteiger partial charge in [-0.15, -0.1) is 0 Å². The van der Waals surface area contributed by atoms with E-state index in [0.29, 0.717) is 17.1 Å². The molecule has 0 aromatic heterocycles. The zero-order chi connectivity index (χ0) is 15.0. The summed E-state index contributed by atoms with van der Waals surface area (Å²) < 4.78 is 54.3. The fourth-order valence-electron chi connectivity index (χ4n) is 2.03. The third-order valence-electron chi connectivity index (χ3n) is 3.12. The number of sulfonamides is 1. The molecule has 1 fully saturated rings. The molecule has 0 saturated carbocycles. The summed E-state index contributed by atoms with van der Waals surface area (Å²) in [5.41, 5.74) is 6.32. The Hall–Kier alpha value is -1.48. The predicted octanol–water partition coefficient (Wildman–Crippen LogP) is 0.206. The van der Waals surface area contributed by atoms with E-state index in [1.807, 2.05) is 0 Å². The maximum Gasteiger partial charge on any atom is 0.236 e. The number of anilines is 2. The second-order valence-corrected chi connectivity index (χ2v) is 8.82. The molecule has 0 spiro atoms.